The van der Waals surface area contributed by atoms with Crippen LogP contribution in [0, 0.1) is 6.92 Å². The molecule has 3 aromatic rings. The first-order valence-electron chi connectivity index (χ1n) is 8.06. The summed E-state index contributed by atoms with van der Waals surface area (Å²) in [5.41, 5.74) is 8.09. The molecule has 4 heterocycles. The number of nitrogens with two attached hydrogens (primary N) is 1. The molecule has 0 spiro atoms. The fraction of sp³-hybridized carbons (Fsp3) is 0.294. The second kappa shape index (κ2) is 6.39. The Kier molecular flexibility index (Phi) is 3.93. The van der Waals surface area contributed by atoms with Gasteiger partial charge in [0, 0.05) is 12.3 Å². The molecule has 3 aromatic heterocycles. The van der Waals surface area contributed by atoms with Crippen LogP contribution in [0.1, 0.15) is 17.9 Å². The molecule has 0 saturated carbocycles. The first-order valence-corrected chi connectivity index (χ1v) is 8.06. The van der Waals surface area contributed by atoms with E-state index in [-0.39, 0.29) is 6.01 Å². The molecule has 4 bridgehead atoms. The van der Waals surface area contributed by atoms with Crippen LogP contribution in [0.4, 0.5) is 5.82 Å². The molecule has 0 radical (unpaired) electrons. The largest absolute Gasteiger partial charge is 0.489 e. The number of anilines is 1. The molecular weight excluding hydrogens is 320 g/mol. The first kappa shape index (κ1) is 15.4. The number of nitrogen functional groups attached to an aromatic ring is 1. The summed E-state index contributed by atoms with van der Waals surface area (Å²) in [4.78, 5) is 17.6. The number of imidazole rings is 1. The maximum absolute atomic E-state index is 6.04. The van der Waals surface area contributed by atoms with Gasteiger partial charge in [-0.2, -0.15) is 9.97 Å². The Balaban J connectivity index is 1.83. The van der Waals surface area contributed by atoms with E-state index in [0.717, 1.165) is 23.7 Å². The number of aryl methyl sites for hydroxylation is 1. The quantitative estimate of drug-likeness (QED) is 0.624. The van der Waals surface area contributed by atoms with Gasteiger partial charge in [-0.25, -0.2) is 4.98 Å². The van der Waals surface area contributed by atoms with Crippen molar-refractivity contribution in [2.24, 2.45) is 0 Å². The first-order chi connectivity index (χ1) is 12.2. The standard InChI is InChI=1S/C17H18N6O2/c1-11-20-14-15(18)21-17-22-16(14)23(11)10-12-9-13(5-6-19-12)24-7-3-2-4-8-25-17/h2-3,5-6,9H,4,7-8,10H2,1H3,(H2,18,21,22)/b3-2+. The number of rotatable bonds is 0. The molecule has 0 saturated heterocycles. The van der Waals surface area contributed by atoms with Gasteiger partial charge in [0.05, 0.1) is 18.8 Å². The van der Waals surface area contributed by atoms with Crippen LogP contribution in [0.2, 0.25) is 0 Å². The molecule has 8 heteroatoms. The Hall–Kier alpha value is -3.16. The molecule has 4 rings (SSSR count). The molecule has 0 aromatic carbocycles. The number of ether oxygens (including phenoxy) is 2. The summed E-state index contributed by atoms with van der Waals surface area (Å²) in [5.74, 6) is 1.87. The van der Waals surface area contributed by atoms with Crippen molar-refractivity contribution in [2.75, 3.05) is 18.9 Å². The van der Waals surface area contributed by atoms with Crippen LogP contribution in [0.5, 0.6) is 11.8 Å². The van der Waals surface area contributed by atoms with E-state index in [4.69, 9.17) is 15.2 Å². The maximum atomic E-state index is 6.04. The number of aromatic nitrogens is 5. The van der Waals surface area contributed by atoms with Gasteiger partial charge in [-0.15, -0.1) is 0 Å². The Bertz CT molecular complexity index is 950. The van der Waals surface area contributed by atoms with Crippen molar-refractivity contribution in [3.05, 3.63) is 42.0 Å². The highest BCUT2D eigenvalue weighted by atomic mass is 16.5. The van der Waals surface area contributed by atoms with Crippen LogP contribution in [0.25, 0.3) is 11.2 Å². The van der Waals surface area contributed by atoms with E-state index in [1.54, 1.807) is 6.20 Å². The minimum Gasteiger partial charge on any atom is -0.489 e. The van der Waals surface area contributed by atoms with Crippen molar-refractivity contribution in [3.63, 3.8) is 0 Å². The van der Waals surface area contributed by atoms with Crippen LogP contribution >= 0.6 is 0 Å². The summed E-state index contributed by atoms with van der Waals surface area (Å²) >= 11 is 0. The fourth-order valence-electron chi connectivity index (χ4n) is 2.71. The third kappa shape index (κ3) is 3.10. The Morgan fingerprint density at radius 2 is 2.08 bits per heavy atom. The second-order valence-electron chi connectivity index (χ2n) is 5.71. The van der Waals surface area contributed by atoms with Crippen LogP contribution < -0.4 is 15.2 Å². The third-order valence-electron chi connectivity index (χ3n) is 3.93. The third-order valence-corrected chi connectivity index (χ3v) is 3.93. The average Bonchev–Trinajstić information content (AvgIpc) is 2.90. The van der Waals surface area contributed by atoms with Gasteiger partial charge < -0.3 is 19.8 Å². The van der Waals surface area contributed by atoms with Gasteiger partial charge in [-0.1, -0.05) is 12.2 Å². The molecular formula is C17H18N6O2. The molecule has 0 aliphatic carbocycles. The van der Waals surface area contributed by atoms with E-state index in [1.807, 2.05) is 35.8 Å². The van der Waals surface area contributed by atoms with Crippen molar-refractivity contribution in [3.8, 4) is 11.8 Å². The van der Waals surface area contributed by atoms with E-state index >= 15 is 0 Å². The number of nitrogens with zero attached hydrogens (tertiary/aromatic N) is 5. The lowest BCUT2D eigenvalue weighted by Crippen LogP contribution is -2.07. The summed E-state index contributed by atoms with van der Waals surface area (Å²) in [7, 11) is 0. The van der Waals surface area contributed by atoms with Crippen LogP contribution in [-0.2, 0) is 6.54 Å². The average molecular weight is 338 g/mol. The predicted octanol–water partition coefficient (Wildman–Crippen LogP) is 1.88. The van der Waals surface area contributed by atoms with Crippen molar-refractivity contribution in [1.29, 1.82) is 0 Å². The van der Waals surface area contributed by atoms with Gasteiger partial charge in [0.1, 0.15) is 18.2 Å². The van der Waals surface area contributed by atoms with Gasteiger partial charge >= 0.3 is 6.01 Å². The van der Waals surface area contributed by atoms with Crippen LogP contribution in [0.3, 0.4) is 0 Å². The van der Waals surface area contributed by atoms with E-state index in [2.05, 4.69) is 19.9 Å². The molecule has 0 unspecified atom stereocenters. The summed E-state index contributed by atoms with van der Waals surface area (Å²) < 4.78 is 13.3. The van der Waals surface area contributed by atoms with Gasteiger partial charge in [-0.05, 0) is 19.4 Å². The summed E-state index contributed by atoms with van der Waals surface area (Å²) in [5, 5.41) is 0. The Labute approximate surface area is 144 Å². The van der Waals surface area contributed by atoms with E-state index < -0.39 is 0 Å². The van der Waals surface area contributed by atoms with Crippen LogP contribution in [0.15, 0.2) is 30.5 Å². The number of pyridine rings is 1. The van der Waals surface area contributed by atoms with Gasteiger partial charge in [0.2, 0.25) is 0 Å². The molecule has 0 fully saturated rings. The van der Waals surface area contributed by atoms with Crippen LogP contribution in [-0.4, -0.2) is 37.7 Å². The SMILES string of the molecule is Cc1nc2c(N)nc3nc2n1Cc1cc(ccn1)OC/C=C/CCO3. The fourth-order valence-corrected chi connectivity index (χ4v) is 2.71. The second-order valence-corrected chi connectivity index (χ2v) is 5.71. The zero-order valence-electron chi connectivity index (χ0n) is 13.8. The summed E-state index contributed by atoms with van der Waals surface area (Å²) in [6.07, 6.45) is 6.42. The summed E-state index contributed by atoms with van der Waals surface area (Å²) in [6, 6.07) is 4.02. The molecule has 25 heavy (non-hydrogen) atoms. The van der Waals surface area contributed by atoms with Crippen molar-refractivity contribution in [1.82, 2.24) is 24.5 Å². The van der Waals surface area contributed by atoms with Crippen molar-refractivity contribution in [2.45, 2.75) is 19.9 Å². The highest BCUT2D eigenvalue weighted by Gasteiger charge is 2.16. The van der Waals surface area contributed by atoms with Gasteiger partial charge in [0.25, 0.3) is 0 Å². The van der Waals surface area contributed by atoms with E-state index in [1.165, 1.54) is 0 Å². The minimum absolute atomic E-state index is 0.257. The van der Waals surface area contributed by atoms with Gasteiger partial charge in [0.15, 0.2) is 17.0 Å². The lowest BCUT2D eigenvalue weighted by atomic mass is 10.3. The normalized spacial score (nSPS) is 15.9. The highest BCUT2D eigenvalue weighted by Crippen LogP contribution is 2.23. The highest BCUT2D eigenvalue weighted by molar-refractivity contribution is 5.82. The molecule has 8 nitrogen and oxygen atoms in total. The predicted molar refractivity (Wildman–Crippen MR) is 92.6 cm³/mol. The zero-order valence-corrected chi connectivity index (χ0v) is 13.8. The Morgan fingerprint density at radius 3 is 3.00 bits per heavy atom. The topological polar surface area (TPSA) is 101 Å². The zero-order chi connectivity index (χ0) is 17.2. The van der Waals surface area contributed by atoms with Crippen molar-refractivity contribution >= 4 is 17.0 Å². The minimum atomic E-state index is 0.257. The van der Waals surface area contributed by atoms with E-state index in [0.29, 0.717) is 36.7 Å². The van der Waals surface area contributed by atoms with Crippen molar-refractivity contribution < 1.29 is 9.47 Å². The molecule has 2 N–H and O–H groups in total. The van der Waals surface area contributed by atoms with Gasteiger partial charge in [-0.3, -0.25) is 4.98 Å². The molecule has 128 valence electrons. The lowest BCUT2D eigenvalue weighted by molar-refractivity contribution is 0.300. The molecule has 1 aliphatic rings. The molecule has 0 amide bonds. The number of hydrogen-bond donors (Lipinski definition) is 1. The molecule has 1 aliphatic heterocycles. The lowest BCUT2D eigenvalue weighted by Gasteiger charge is -2.09. The smallest absolute Gasteiger partial charge is 0.320 e. The monoisotopic (exact) mass is 338 g/mol. The number of fused-ring (bicyclic) bond motifs is 3. The number of hydrogen-bond acceptors (Lipinski definition) is 7. The maximum Gasteiger partial charge on any atom is 0.320 e. The Morgan fingerprint density at radius 1 is 1.16 bits per heavy atom. The summed E-state index contributed by atoms with van der Waals surface area (Å²) in [6.45, 7) is 3.37. The van der Waals surface area contributed by atoms with E-state index in [9.17, 15) is 0 Å². The molecule has 0 atom stereocenters.